The predicted molar refractivity (Wildman–Crippen MR) is 199 cm³/mol. The number of rotatable bonds is 6. The summed E-state index contributed by atoms with van der Waals surface area (Å²) in [6, 6.07) is 0. The highest BCUT2D eigenvalue weighted by atomic mass is 16.7. The van der Waals surface area contributed by atoms with Gasteiger partial charge in [-0.25, -0.2) is 0 Å². The molecule has 14 heteroatoms. The molecule has 4 saturated carbocycles. The second-order valence-electron chi connectivity index (χ2n) is 20.8. The highest BCUT2D eigenvalue weighted by Gasteiger charge is 2.72. The van der Waals surface area contributed by atoms with Gasteiger partial charge >= 0.3 is 5.97 Å². The molecular weight excluding hydrogens is 728 g/mol. The van der Waals surface area contributed by atoms with Crippen LogP contribution in [-0.4, -0.2) is 139 Å². The number of carbonyl (C=O) groups is 1. The molecule has 7 rings (SSSR count). The molecule has 6 fully saturated rings. The number of esters is 1. The minimum Gasteiger partial charge on any atom is -0.432 e. The third-order valence-corrected chi connectivity index (χ3v) is 17.2. The topological polar surface area (TPSA) is 236 Å². The van der Waals surface area contributed by atoms with E-state index >= 15 is 0 Å². The first-order valence-electron chi connectivity index (χ1n) is 20.9. The molecule has 0 aromatic rings. The van der Waals surface area contributed by atoms with Gasteiger partial charge in [0.15, 0.2) is 6.29 Å². The zero-order valence-corrected chi connectivity index (χ0v) is 34.1. The van der Waals surface area contributed by atoms with Gasteiger partial charge in [-0.15, -0.1) is 0 Å². The van der Waals surface area contributed by atoms with Gasteiger partial charge in [-0.2, -0.15) is 0 Å². The van der Waals surface area contributed by atoms with Crippen LogP contribution in [0.3, 0.4) is 0 Å². The van der Waals surface area contributed by atoms with E-state index in [4.69, 9.17) is 18.9 Å². The minimum absolute atomic E-state index is 0.00601. The fourth-order valence-corrected chi connectivity index (χ4v) is 13.6. The Labute approximate surface area is 330 Å². The standard InChI is InChI=1S/C42H68O14/c1-37(2)14-15-42(36(52)56-35-32(51)30(49)33(23(19-44)54-35)55-34-31(50)29(48)28(47)22(18-43)53-34)21(16-37)20-8-9-25-39(5)12-11-26(45)38(3,4)24(39)10-13-40(25,6)41(20,7)17-27(42)46/h8,21-35,43-51H,9-19H2,1-7H3/t21-,22?,23?,24-,25+,26-,27?,28-,29?,30?,31?,32?,33-,34+,35+,39-,40+,41+,42+/m0/s1. The van der Waals surface area contributed by atoms with Crippen LogP contribution in [0, 0.1) is 50.2 Å². The van der Waals surface area contributed by atoms with Crippen LogP contribution in [0.2, 0.25) is 0 Å². The molecule has 2 heterocycles. The lowest BCUT2D eigenvalue weighted by Crippen LogP contribution is -2.68. The van der Waals surface area contributed by atoms with E-state index in [0.717, 1.165) is 32.1 Å². The third-order valence-electron chi connectivity index (χ3n) is 17.2. The highest BCUT2D eigenvalue weighted by molar-refractivity contribution is 5.80. The first-order valence-corrected chi connectivity index (χ1v) is 20.9. The third kappa shape index (κ3) is 6.13. The summed E-state index contributed by atoms with van der Waals surface area (Å²) in [6.45, 7) is 14.4. The Balaban J connectivity index is 1.16. The zero-order valence-electron chi connectivity index (χ0n) is 34.1. The van der Waals surface area contributed by atoms with E-state index < -0.39 is 97.5 Å². The van der Waals surface area contributed by atoms with Crippen molar-refractivity contribution >= 4 is 5.97 Å². The summed E-state index contributed by atoms with van der Waals surface area (Å²) in [7, 11) is 0. The number of fused-ring (bicyclic) bond motifs is 7. The molecule has 0 spiro atoms. The predicted octanol–water partition coefficient (Wildman–Crippen LogP) is 1.29. The van der Waals surface area contributed by atoms with Gasteiger partial charge in [0.05, 0.1) is 25.4 Å². The summed E-state index contributed by atoms with van der Waals surface area (Å²) in [5.74, 6) is -0.449. The summed E-state index contributed by atoms with van der Waals surface area (Å²) in [5, 5.41) is 97.1. The van der Waals surface area contributed by atoms with Crippen LogP contribution >= 0.6 is 0 Å². The monoisotopic (exact) mass is 796 g/mol. The summed E-state index contributed by atoms with van der Waals surface area (Å²) < 4.78 is 23.0. The number of aliphatic hydroxyl groups is 9. The number of ether oxygens (including phenoxy) is 4. The van der Waals surface area contributed by atoms with Gasteiger partial charge in [0.25, 0.3) is 0 Å². The molecule has 7 aliphatic rings. The Kier molecular flexibility index (Phi) is 11.0. The maximum absolute atomic E-state index is 14.8. The molecule has 0 bridgehead atoms. The molecule has 0 amide bonds. The van der Waals surface area contributed by atoms with Crippen LogP contribution in [-0.2, 0) is 23.7 Å². The molecule has 2 aliphatic heterocycles. The Hall–Kier alpha value is -1.27. The van der Waals surface area contributed by atoms with Crippen molar-refractivity contribution in [1.82, 2.24) is 0 Å². The molecule has 320 valence electrons. The summed E-state index contributed by atoms with van der Waals surface area (Å²) >= 11 is 0. The van der Waals surface area contributed by atoms with Gasteiger partial charge in [0.2, 0.25) is 6.29 Å². The van der Waals surface area contributed by atoms with E-state index in [1.165, 1.54) is 5.57 Å². The molecular formula is C42H68O14. The molecule has 2 saturated heterocycles. The van der Waals surface area contributed by atoms with Crippen LogP contribution in [0.15, 0.2) is 11.6 Å². The molecule has 0 aromatic carbocycles. The van der Waals surface area contributed by atoms with E-state index in [1.54, 1.807) is 0 Å². The van der Waals surface area contributed by atoms with Crippen LogP contribution < -0.4 is 0 Å². The fourth-order valence-electron chi connectivity index (χ4n) is 13.6. The quantitative estimate of drug-likeness (QED) is 0.136. The second-order valence-corrected chi connectivity index (χ2v) is 20.8. The van der Waals surface area contributed by atoms with Crippen molar-refractivity contribution in [3.05, 3.63) is 11.6 Å². The van der Waals surface area contributed by atoms with Crippen molar-refractivity contribution in [1.29, 1.82) is 0 Å². The van der Waals surface area contributed by atoms with Gasteiger partial charge in [0.1, 0.15) is 54.2 Å². The lowest BCUT2D eigenvalue weighted by molar-refractivity contribution is -0.357. The summed E-state index contributed by atoms with van der Waals surface area (Å²) in [4.78, 5) is 14.8. The lowest BCUT2D eigenvalue weighted by Gasteiger charge is -2.71. The van der Waals surface area contributed by atoms with Crippen molar-refractivity contribution < 1.29 is 69.7 Å². The van der Waals surface area contributed by atoms with Crippen molar-refractivity contribution in [2.75, 3.05) is 13.2 Å². The maximum Gasteiger partial charge on any atom is 0.317 e. The number of aliphatic hydroxyl groups excluding tert-OH is 9. The SMILES string of the molecule is CC1(C)CC[C@]2(C(=O)O[C@H]3OC(CO)[C@H](O[C@H]4OC(CO)[C@H](O)C(O)C4O)C(O)C3O)C(O)C[C@]3(C)C(=CC[C@@H]4[C@@]5(C)CC[C@H](O)C(C)(C)[C@@H]5CC[C@]43C)[C@@H]2C1. The second kappa shape index (κ2) is 14.4. The van der Waals surface area contributed by atoms with E-state index in [9.17, 15) is 50.8 Å². The molecule has 19 atom stereocenters. The number of allylic oxidation sites excluding steroid dienone is 2. The lowest BCUT2D eigenvalue weighted by atomic mass is 9.33. The fraction of sp³-hybridized carbons (Fsp3) is 0.929. The first kappa shape index (κ1) is 42.8. The largest absolute Gasteiger partial charge is 0.432 e. The van der Waals surface area contributed by atoms with E-state index in [2.05, 4.69) is 54.5 Å². The van der Waals surface area contributed by atoms with E-state index in [-0.39, 0.29) is 33.7 Å². The maximum atomic E-state index is 14.8. The summed E-state index contributed by atoms with van der Waals surface area (Å²) in [6.07, 6.45) is -9.35. The van der Waals surface area contributed by atoms with Crippen LogP contribution in [0.4, 0.5) is 0 Å². The van der Waals surface area contributed by atoms with Gasteiger partial charge in [-0.1, -0.05) is 60.1 Å². The van der Waals surface area contributed by atoms with Crippen LogP contribution in [0.1, 0.15) is 106 Å². The molecule has 0 radical (unpaired) electrons. The van der Waals surface area contributed by atoms with E-state index in [1.807, 2.05) is 0 Å². The van der Waals surface area contributed by atoms with Gasteiger partial charge in [-0.3, -0.25) is 4.79 Å². The van der Waals surface area contributed by atoms with Crippen molar-refractivity contribution in [3.8, 4) is 0 Å². The Morgan fingerprint density at radius 2 is 1.36 bits per heavy atom. The van der Waals surface area contributed by atoms with Gasteiger partial charge in [0, 0.05) is 0 Å². The van der Waals surface area contributed by atoms with Crippen molar-refractivity contribution in [2.24, 2.45) is 50.2 Å². The van der Waals surface area contributed by atoms with Crippen molar-refractivity contribution in [3.63, 3.8) is 0 Å². The first-order chi connectivity index (χ1) is 26.0. The molecule has 14 nitrogen and oxygen atoms in total. The Morgan fingerprint density at radius 1 is 0.714 bits per heavy atom. The Bertz CT molecular complexity index is 1520. The zero-order chi connectivity index (χ0) is 41.1. The molecule has 0 aromatic heterocycles. The normalized spacial score (nSPS) is 53.7. The average Bonchev–Trinajstić information content (AvgIpc) is 3.13. The van der Waals surface area contributed by atoms with Gasteiger partial charge < -0.3 is 64.9 Å². The molecule has 5 aliphatic carbocycles. The molecule has 7 unspecified atom stereocenters. The Morgan fingerprint density at radius 3 is 2.02 bits per heavy atom. The van der Waals surface area contributed by atoms with Crippen LogP contribution in [0.25, 0.3) is 0 Å². The average molecular weight is 797 g/mol. The summed E-state index contributed by atoms with van der Waals surface area (Å²) in [5.41, 5.74) is -1.17. The van der Waals surface area contributed by atoms with E-state index in [0.29, 0.717) is 37.5 Å². The minimum atomic E-state index is -1.89. The molecule has 56 heavy (non-hydrogen) atoms. The number of hydrogen-bond acceptors (Lipinski definition) is 14. The smallest absolute Gasteiger partial charge is 0.317 e. The van der Waals surface area contributed by atoms with Gasteiger partial charge in [-0.05, 0) is 103 Å². The number of carbonyl (C=O) groups excluding carboxylic acids is 1. The highest BCUT2D eigenvalue weighted by Crippen LogP contribution is 2.76. The van der Waals surface area contributed by atoms with Crippen LogP contribution in [0.5, 0.6) is 0 Å². The van der Waals surface area contributed by atoms with Crippen molar-refractivity contribution in [2.45, 2.75) is 180 Å². The number of hydrogen-bond donors (Lipinski definition) is 9. The molecule has 9 N–H and O–H groups in total.